The minimum absolute atomic E-state index is 0.216. The molecule has 3 heterocycles. The fourth-order valence-corrected chi connectivity index (χ4v) is 3.58. The van der Waals surface area contributed by atoms with Crippen molar-refractivity contribution in [3.63, 3.8) is 0 Å². The quantitative estimate of drug-likeness (QED) is 0.926. The van der Waals surface area contributed by atoms with Gasteiger partial charge in [0.05, 0.1) is 25.9 Å². The van der Waals surface area contributed by atoms with Gasteiger partial charge in [-0.15, -0.1) is 0 Å². The molecule has 2 aliphatic heterocycles. The van der Waals surface area contributed by atoms with E-state index >= 15 is 0 Å². The van der Waals surface area contributed by atoms with Crippen LogP contribution in [0.1, 0.15) is 5.76 Å². The molecule has 0 aliphatic carbocycles. The van der Waals surface area contributed by atoms with Gasteiger partial charge in [-0.1, -0.05) is 18.2 Å². The molecule has 1 aromatic heterocycles. The molecule has 4 rings (SSSR count). The van der Waals surface area contributed by atoms with E-state index in [4.69, 9.17) is 9.15 Å². The van der Waals surface area contributed by atoms with Crippen molar-refractivity contribution in [2.75, 3.05) is 39.4 Å². The van der Waals surface area contributed by atoms with Crippen LogP contribution in [-0.4, -0.2) is 66.4 Å². The third kappa shape index (κ3) is 2.77. The van der Waals surface area contributed by atoms with Crippen molar-refractivity contribution in [2.24, 2.45) is 0 Å². The summed E-state index contributed by atoms with van der Waals surface area (Å²) in [4.78, 5) is 4.63. The standard InChI is InChI=1S/C17H22N2O3/c20-16-12-18(11-15(16)19-5-7-21-8-6-19)10-14-9-13-3-1-2-4-17(13)22-14/h1-4,9,15-16,20H,5-8,10-12H2/t15-,16-/m0/s1. The summed E-state index contributed by atoms with van der Waals surface area (Å²) in [5.74, 6) is 0.969. The third-order valence-electron chi connectivity index (χ3n) is 4.71. The van der Waals surface area contributed by atoms with Crippen LogP contribution < -0.4 is 0 Å². The zero-order valence-electron chi connectivity index (χ0n) is 12.6. The number of rotatable bonds is 3. The molecule has 5 nitrogen and oxygen atoms in total. The Hall–Kier alpha value is -1.40. The number of ether oxygens (including phenoxy) is 1. The number of hydrogen-bond acceptors (Lipinski definition) is 5. The monoisotopic (exact) mass is 302 g/mol. The normalized spacial score (nSPS) is 27.7. The van der Waals surface area contributed by atoms with Gasteiger partial charge < -0.3 is 14.3 Å². The minimum atomic E-state index is -0.289. The number of likely N-dealkylation sites (tertiary alicyclic amines) is 1. The van der Waals surface area contributed by atoms with E-state index in [1.165, 1.54) is 0 Å². The highest BCUT2D eigenvalue weighted by Gasteiger charge is 2.36. The number of furan rings is 1. The number of aliphatic hydroxyl groups is 1. The number of nitrogens with zero attached hydrogens (tertiary/aromatic N) is 2. The molecule has 0 radical (unpaired) electrons. The van der Waals surface area contributed by atoms with E-state index < -0.39 is 0 Å². The Kier molecular flexibility index (Phi) is 3.88. The van der Waals surface area contributed by atoms with Gasteiger partial charge in [-0.3, -0.25) is 9.80 Å². The van der Waals surface area contributed by atoms with Crippen molar-refractivity contribution >= 4 is 11.0 Å². The summed E-state index contributed by atoms with van der Waals surface area (Å²) in [5, 5.41) is 11.5. The fourth-order valence-electron chi connectivity index (χ4n) is 3.58. The summed E-state index contributed by atoms with van der Waals surface area (Å²) < 4.78 is 11.3. The van der Waals surface area contributed by atoms with Gasteiger partial charge in [0.1, 0.15) is 11.3 Å². The van der Waals surface area contributed by atoms with Crippen LogP contribution in [0.2, 0.25) is 0 Å². The average Bonchev–Trinajstić information content (AvgIpc) is 3.11. The third-order valence-corrected chi connectivity index (χ3v) is 4.71. The molecule has 0 saturated carbocycles. The van der Waals surface area contributed by atoms with Crippen molar-refractivity contribution in [1.82, 2.24) is 9.80 Å². The van der Waals surface area contributed by atoms with Crippen molar-refractivity contribution < 1.29 is 14.3 Å². The highest BCUT2D eigenvalue weighted by atomic mass is 16.5. The molecule has 118 valence electrons. The van der Waals surface area contributed by atoms with Gasteiger partial charge in [-0.2, -0.15) is 0 Å². The molecule has 0 bridgehead atoms. The number of hydrogen-bond donors (Lipinski definition) is 1. The Balaban J connectivity index is 1.43. The maximum absolute atomic E-state index is 10.4. The maximum Gasteiger partial charge on any atom is 0.134 e. The average molecular weight is 302 g/mol. The fraction of sp³-hybridized carbons (Fsp3) is 0.529. The Morgan fingerprint density at radius 1 is 1.14 bits per heavy atom. The molecule has 0 spiro atoms. The molecule has 2 saturated heterocycles. The largest absolute Gasteiger partial charge is 0.460 e. The molecule has 2 atom stereocenters. The molecule has 0 amide bonds. The van der Waals surface area contributed by atoms with Crippen LogP contribution in [0.25, 0.3) is 11.0 Å². The van der Waals surface area contributed by atoms with Crippen molar-refractivity contribution in [3.8, 4) is 0 Å². The zero-order valence-corrected chi connectivity index (χ0v) is 12.6. The Morgan fingerprint density at radius 3 is 2.77 bits per heavy atom. The smallest absolute Gasteiger partial charge is 0.134 e. The lowest BCUT2D eigenvalue weighted by molar-refractivity contribution is -0.00619. The molecule has 2 aliphatic rings. The van der Waals surface area contributed by atoms with Crippen LogP contribution >= 0.6 is 0 Å². The second kappa shape index (κ2) is 6.01. The van der Waals surface area contributed by atoms with Crippen LogP contribution in [0.4, 0.5) is 0 Å². The predicted molar refractivity (Wildman–Crippen MR) is 83.7 cm³/mol. The Bertz CT molecular complexity index is 603. The molecule has 1 aromatic carbocycles. The van der Waals surface area contributed by atoms with E-state index in [0.29, 0.717) is 6.54 Å². The van der Waals surface area contributed by atoms with Gasteiger partial charge >= 0.3 is 0 Å². The lowest BCUT2D eigenvalue weighted by Gasteiger charge is -2.33. The van der Waals surface area contributed by atoms with E-state index in [1.54, 1.807) is 0 Å². The summed E-state index contributed by atoms with van der Waals surface area (Å²) in [5.41, 5.74) is 0.932. The predicted octanol–water partition coefficient (Wildman–Crippen LogP) is 1.31. The topological polar surface area (TPSA) is 49.1 Å². The molecule has 0 unspecified atom stereocenters. The van der Waals surface area contributed by atoms with Crippen molar-refractivity contribution in [1.29, 1.82) is 0 Å². The van der Waals surface area contributed by atoms with Gasteiger partial charge in [0.2, 0.25) is 0 Å². The summed E-state index contributed by atoms with van der Waals surface area (Å²) in [7, 11) is 0. The van der Waals surface area contributed by atoms with E-state index in [1.807, 2.05) is 18.2 Å². The first-order valence-electron chi connectivity index (χ1n) is 7.99. The van der Waals surface area contributed by atoms with Crippen LogP contribution in [0.5, 0.6) is 0 Å². The van der Waals surface area contributed by atoms with Crippen LogP contribution in [0.3, 0.4) is 0 Å². The van der Waals surface area contributed by atoms with E-state index in [9.17, 15) is 5.11 Å². The minimum Gasteiger partial charge on any atom is -0.460 e. The molecule has 5 heteroatoms. The number of aliphatic hydroxyl groups excluding tert-OH is 1. The Morgan fingerprint density at radius 2 is 1.95 bits per heavy atom. The van der Waals surface area contributed by atoms with Gasteiger partial charge in [-0.05, 0) is 12.1 Å². The van der Waals surface area contributed by atoms with Gasteiger partial charge in [-0.25, -0.2) is 0 Å². The number of morpholine rings is 1. The van der Waals surface area contributed by atoms with Crippen LogP contribution in [0, 0.1) is 0 Å². The summed E-state index contributed by atoms with van der Waals surface area (Å²) in [6.07, 6.45) is -0.289. The number of fused-ring (bicyclic) bond motifs is 1. The highest BCUT2D eigenvalue weighted by molar-refractivity contribution is 5.77. The number of para-hydroxylation sites is 1. The summed E-state index contributed by atoms with van der Waals surface area (Å²) in [6, 6.07) is 10.4. The number of benzene rings is 1. The second-order valence-electron chi connectivity index (χ2n) is 6.23. The van der Waals surface area contributed by atoms with Crippen LogP contribution in [0.15, 0.2) is 34.7 Å². The molecular formula is C17H22N2O3. The Labute approximate surface area is 130 Å². The summed E-state index contributed by atoms with van der Waals surface area (Å²) >= 11 is 0. The van der Waals surface area contributed by atoms with E-state index in [2.05, 4.69) is 21.9 Å². The van der Waals surface area contributed by atoms with Crippen LogP contribution in [-0.2, 0) is 11.3 Å². The first-order chi connectivity index (χ1) is 10.8. The molecule has 1 N–H and O–H groups in total. The molecule has 2 fully saturated rings. The highest BCUT2D eigenvalue weighted by Crippen LogP contribution is 2.23. The van der Waals surface area contributed by atoms with E-state index in [0.717, 1.165) is 56.1 Å². The second-order valence-corrected chi connectivity index (χ2v) is 6.23. The maximum atomic E-state index is 10.4. The SMILES string of the molecule is O[C@H]1CN(Cc2cc3ccccc3o2)C[C@@H]1N1CCOCC1. The summed E-state index contributed by atoms with van der Waals surface area (Å²) in [6.45, 7) is 5.73. The van der Waals surface area contributed by atoms with E-state index in [-0.39, 0.29) is 12.1 Å². The van der Waals surface area contributed by atoms with Gasteiger partial charge in [0.15, 0.2) is 0 Å². The molecular weight excluding hydrogens is 280 g/mol. The lowest BCUT2D eigenvalue weighted by atomic mass is 10.2. The first-order valence-corrected chi connectivity index (χ1v) is 7.99. The molecule has 2 aromatic rings. The number of β-amino-alcohol motifs (C(OH)–C–C–N with tert-alkyl or cyclic N) is 1. The van der Waals surface area contributed by atoms with Crippen molar-refractivity contribution in [3.05, 3.63) is 36.1 Å². The van der Waals surface area contributed by atoms with Gasteiger partial charge in [0, 0.05) is 37.6 Å². The lowest BCUT2D eigenvalue weighted by Crippen LogP contribution is -2.48. The molecule has 22 heavy (non-hydrogen) atoms. The van der Waals surface area contributed by atoms with Gasteiger partial charge in [0.25, 0.3) is 0 Å². The first kappa shape index (κ1) is 14.2. The zero-order chi connectivity index (χ0) is 14.9. The van der Waals surface area contributed by atoms with Crippen molar-refractivity contribution in [2.45, 2.75) is 18.7 Å².